The zero-order valence-electron chi connectivity index (χ0n) is 5.75. The molecule has 2 heteroatoms. The van der Waals surface area contributed by atoms with Gasteiger partial charge in [-0.2, -0.15) is 0 Å². The molecule has 0 aliphatic heterocycles. The zero-order chi connectivity index (χ0) is 6.69. The maximum atomic E-state index is 8.40. The van der Waals surface area contributed by atoms with Gasteiger partial charge in [0.1, 0.15) is 0 Å². The smallest absolute Gasteiger partial charge is 0.0629 e. The Hall–Kier alpha value is -0.500. The molecule has 0 aromatic carbocycles. The Bertz CT molecular complexity index is 107. The zero-order valence-corrected chi connectivity index (χ0v) is 5.75. The van der Waals surface area contributed by atoms with Crippen molar-refractivity contribution in [1.29, 1.82) is 0 Å². The van der Waals surface area contributed by atoms with Crippen molar-refractivity contribution in [3.63, 3.8) is 0 Å². The molecule has 1 saturated carbocycles. The maximum Gasteiger partial charge on any atom is 0.0629 e. The Morgan fingerprint density at radius 3 is 2.78 bits per heavy atom. The van der Waals surface area contributed by atoms with Gasteiger partial charge in [0.25, 0.3) is 0 Å². The summed E-state index contributed by atoms with van der Waals surface area (Å²) in [5, 5.41) is 8.40. The molecule has 0 atom stereocenters. The van der Waals surface area contributed by atoms with Gasteiger partial charge in [-0.15, -0.1) is 0 Å². The highest BCUT2D eigenvalue weighted by Crippen LogP contribution is 2.25. The third kappa shape index (κ3) is 2.06. The quantitative estimate of drug-likeness (QED) is 0.599. The SMILES string of the molecule is CN(/C=C/CO)C1CC1. The van der Waals surface area contributed by atoms with Crippen LogP contribution in [0.15, 0.2) is 12.3 Å². The standard InChI is InChI=1S/C7H13NO/c1-8(5-2-6-9)7-3-4-7/h2,5,7,9H,3-4,6H2,1H3/b5-2+. The molecule has 1 rings (SSSR count). The molecule has 1 fully saturated rings. The van der Waals surface area contributed by atoms with E-state index >= 15 is 0 Å². The topological polar surface area (TPSA) is 23.5 Å². The number of nitrogens with zero attached hydrogens (tertiary/aromatic N) is 1. The van der Waals surface area contributed by atoms with Gasteiger partial charge < -0.3 is 10.0 Å². The first kappa shape index (κ1) is 6.62. The molecule has 52 valence electrons. The second kappa shape index (κ2) is 2.87. The number of hydrogen-bond acceptors (Lipinski definition) is 2. The van der Waals surface area contributed by atoms with Crippen molar-refractivity contribution >= 4 is 0 Å². The minimum atomic E-state index is 0.150. The molecule has 0 spiro atoms. The van der Waals surface area contributed by atoms with Gasteiger partial charge in [0.15, 0.2) is 0 Å². The summed E-state index contributed by atoms with van der Waals surface area (Å²) in [6.45, 7) is 0.150. The highest BCUT2D eigenvalue weighted by Gasteiger charge is 2.23. The van der Waals surface area contributed by atoms with Crippen LogP contribution >= 0.6 is 0 Å². The Kier molecular flexibility index (Phi) is 2.11. The van der Waals surface area contributed by atoms with Crippen molar-refractivity contribution in [2.24, 2.45) is 0 Å². The van der Waals surface area contributed by atoms with Crippen LogP contribution in [-0.2, 0) is 0 Å². The summed E-state index contributed by atoms with van der Waals surface area (Å²) in [6, 6.07) is 0.757. The third-order valence-corrected chi connectivity index (χ3v) is 1.57. The van der Waals surface area contributed by atoms with Crippen molar-refractivity contribution in [2.45, 2.75) is 18.9 Å². The van der Waals surface area contributed by atoms with Crippen molar-refractivity contribution < 1.29 is 5.11 Å². The van der Waals surface area contributed by atoms with E-state index < -0.39 is 0 Å². The van der Waals surface area contributed by atoms with E-state index in [1.807, 2.05) is 13.2 Å². The summed E-state index contributed by atoms with van der Waals surface area (Å²) >= 11 is 0. The van der Waals surface area contributed by atoms with Crippen LogP contribution in [-0.4, -0.2) is 29.7 Å². The largest absolute Gasteiger partial charge is 0.392 e. The Labute approximate surface area is 55.8 Å². The van der Waals surface area contributed by atoms with Crippen molar-refractivity contribution in [3.8, 4) is 0 Å². The van der Waals surface area contributed by atoms with E-state index in [0.717, 1.165) is 6.04 Å². The van der Waals surface area contributed by atoms with E-state index in [4.69, 9.17) is 5.11 Å². The fourth-order valence-corrected chi connectivity index (χ4v) is 0.817. The molecule has 0 saturated heterocycles. The van der Waals surface area contributed by atoms with Gasteiger partial charge in [0.05, 0.1) is 6.61 Å². The lowest BCUT2D eigenvalue weighted by Gasteiger charge is -2.10. The van der Waals surface area contributed by atoms with Crippen molar-refractivity contribution in [1.82, 2.24) is 4.90 Å². The van der Waals surface area contributed by atoms with E-state index in [0.29, 0.717) is 0 Å². The molecule has 0 bridgehead atoms. The normalized spacial score (nSPS) is 18.9. The Morgan fingerprint density at radius 2 is 2.33 bits per heavy atom. The lowest BCUT2D eigenvalue weighted by atomic mass is 10.5. The van der Waals surface area contributed by atoms with Crippen LogP contribution in [0, 0.1) is 0 Å². The lowest BCUT2D eigenvalue weighted by Crippen LogP contribution is -2.12. The predicted octanol–water partition coefficient (Wildman–Crippen LogP) is 0.587. The molecule has 0 aromatic heterocycles. The van der Waals surface area contributed by atoms with Gasteiger partial charge in [0.2, 0.25) is 0 Å². The van der Waals surface area contributed by atoms with Crippen LogP contribution in [0.1, 0.15) is 12.8 Å². The maximum absolute atomic E-state index is 8.40. The van der Waals surface area contributed by atoms with E-state index in [1.54, 1.807) is 6.08 Å². The highest BCUT2D eigenvalue weighted by molar-refractivity contribution is 4.90. The molecule has 1 aliphatic carbocycles. The second-order valence-corrected chi connectivity index (χ2v) is 2.46. The predicted molar refractivity (Wildman–Crippen MR) is 37.0 cm³/mol. The van der Waals surface area contributed by atoms with Gasteiger partial charge in [-0.25, -0.2) is 0 Å². The van der Waals surface area contributed by atoms with E-state index in [2.05, 4.69) is 4.90 Å². The van der Waals surface area contributed by atoms with Gasteiger partial charge in [0, 0.05) is 13.1 Å². The van der Waals surface area contributed by atoms with E-state index in [1.165, 1.54) is 12.8 Å². The first-order chi connectivity index (χ1) is 4.34. The van der Waals surface area contributed by atoms with Crippen LogP contribution in [0.2, 0.25) is 0 Å². The average Bonchev–Trinajstić information content (AvgIpc) is 2.63. The summed E-state index contributed by atoms with van der Waals surface area (Å²) in [4.78, 5) is 2.15. The molecule has 0 amide bonds. The summed E-state index contributed by atoms with van der Waals surface area (Å²) in [6.07, 6.45) is 6.33. The monoisotopic (exact) mass is 127 g/mol. The molecule has 0 unspecified atom stereocenters. The number of hydrogen-bond donors (Lipinski definition) is 1. The van der Waals surface area contributed by atoms with Crippen LogP contribution < -0.4 is 0 Å². The molecule has 0 aromatic rings. The molecule has 1 aliphatic rings. The van der Waals surface area contributed by atoms with E-state index in [-0.39, 0.29) is 6.61 Å². The third-order valence-electron chi connectivity index (χ3n) is 1.57. The molecular formula is C7H13NO. The number of rotatable bonds is 3. The minimum Gasteiger partial charge on any atom is -0.392 e. The molecule has 0 heterocycles. The summed E-state index contributed by atoms with van der Waals surface area (Å²) in [7, 11) is 2.05. The first-order valence-electron chi connectivity index (χ1n) is 3.34. The number of aliphatic hydroxyl groups is 1. The molecule has 0 radical (unpaired) electrons. The van der Waals surface area contributed by atoms with Gasteiger partial charge in [-0.05, 0) is 25.1 Å². The summed E-state index contributed by atoms with van der Waals surface area (Å²) < 4.78 is 0. The van der Waals surface area contributed by atoms with Gasteiger partial charge in [-0.1, -0.05) is 0 Å². The Balaban J connectivity index is 2.16. The second-order valence-electron chi connectivity index (χ2n) is 2.46. The average molecular weight is 127 g/mol. The fourth-order valence-electron chi connectivity index (χ4n) is 0.817. The highest BCUT2D eigenvalue weighted by atomic mass is 16.2. The van der Waals surface area contributed by atoms with Crippen LogP contribution in [0.5, 0.6) is 0 Å². The lowest BCUT2D eigenvalue weighted by molar-refractivity contribution is 0.338. The molecule has 1 N–H and O–H groups in total. The summed E-state index contributed by atoms with van der Waals surface area (Å²) in [5.74, 6) is 0. The molecular weight excluding hydrogens is 114 g/mol. The van der Waals surface area contributed by atoms with Gasteiger partial charge in [-0.3, -0.25) is 0 Å². The fraction of sp³-hybridized carbons (Fsp3) is 0.714. The van der Waals surface area contributed by atoms with Crippen molar-refractivity contribution in [2.75, 3.05) is 13.7 Å². The first-order valence-corrected chi connectivity index (χ1v) is 3.34. The van der Waals surface area contributed by atoms with Crippen LogP contribution in [0.3, 0.4) is 0 Å². The van der Waals surface area contributed by atoms with Crippen molar-refractivity contribution in [3.05, 3.63) is 12.3 Å². The number of aliphatic hydroxyl groups excluding tert-OH is 1. The molecule has 9 heavy (non-hydrogen) atoms. The summed E-state index contributed by atoms with van der Waals surface area (Å²) in [5.41, 5.74) is 0. The van der Waals surface area contributed by atoms with Crippen LogP contribution in [0.25, 0.3) is 0 Å². The molecule has 2 nitrogen and oxygen atoms in total. The van der Waals surface area contributed by atoms with Gasteiger partial charge >= 0.3 is 0 Å². The minimum absolute atomic E-state index is 0.150. The van der Waals surface area contributed by atoms with E-state index in [9.17, 15) is 0 Å². The Morgan fingerprint density at radius 1 is 1.67 bits per heavy atom. The van der Waals surface area contributed by atoms with Crippen LogP contribution in [0.4, 0.5) is 0 Å².